The van der Waals surface area contributed by atoms with Crippen molar-refractivity contribution in [3.05, 3.63) is 33.8 Å². The first-order chi connectivity index (χ1) is 9.58. The highest BCUT2D eigenvalue weighted by Gasteiger charge is 2.31. The maximum atomic E-state index is 12.7. The summed E-state index contributed by atoms with van der Waals surface area (Å²) in [4.78, 5) is 14.6. The molecular weight excluding hydrogens is 356 g/mol. The molecule has 0 aliphatic carbocycles. The summed E-state index contributed by atoms with van der Waals surface area (Å²) in [6.07, 6.45) is 1.88. The largest absolute Gasteiger partial charge is 0.381 e. The van der Waals surface area contributed by atoms with Crippen LogP contribution in [-0.4, -0.2) is 43.2 Å². The second-order valence-corrected chi connectivity index (χ2v) is 6.04. The number of ether oxygens (including phenoxy) is 1. The van der Waals surface area contributed by atoms with Gasteiger partial charge in [0.25, 0.3) is 5.91 Å². The lowest BCUT2D eigenvalue weighted by Crippen LogP contribution is -2.51. The molecule has 0 bridgehead atoms. The van der Waals surface area contributed by atoms with Crippen LogP contribution in [0.15, 0.2) is 22.7 Å². The molecule has 4 nitrogen and oxygen atoms in total. The van der Waals surface area contributed by atoms with Gasteiger partial charge in [-0.2, -0.15) is 0 Å². The van der Waals surface area contributed by atoms with Gasteiger partial charge < -0.3 is 15.4 Å². The van der Waals surface area contributed by atoms with E-state index in [-0.39, 0.29) is 30.5 Å². The van der Waals surface area contributed by atoms with Crippen LogP contribution in [0.3, 0.4) is 0 Å². The van der Waals surface area contributed by atoms with Gasteiger partial charge in [-0.1, -0.05) is 22.0 Å². The van der Waals surface area contributed by atoms with Gasteiger partial charge in [0, 0.05) is 36.3 Å². The third kappa shape index (κ3) is 3.97. The number of likely N-dealkylation sites (tertiary alicyclic amines) is 1. The minimum atomic E-state index is 0. The first-order valence-corrected chi connectivity index (χ1v) is 7.66. The van der Waals surface area contributed by atoms with Gasteiger partial charge in [-0.25, -0.2) is 0 Å². The van der Waals surface area contributed by atoms with Crippen LogP contribution in [0.2, 0.25) is 0 Å². The Kier molecular flexibility index (Phi) is 7.13. The van der Waals surface area contributed by atoms with Gasteiger partial charge in [0.2, 0.25) is 0 Å². The Morgan fingerprint density at radius 3 is 2.86 bits per heavy atom. The first-order valence-electron chi connectivity index (χ1n) is 6.87. The average Bonchev–Trinajstić information content (AvgIpc) is 2.48. The normalized spacial score (nSPS) is 21.8. The summed E-state index contributed by atoms with van der Waals surface area (Å²) in [6.45, 7) is 3.13. The van der Waals surface area contributed by atoms with Crippen molar-refractivity contribution in [1.29, 1.82) is 0 Å². The summed E-state index contributed by atoms with van der Waals surface area (Å²) >= 11 is 3.48. The molecular formula is C15H22BrClN2O2. The number of methoxy groups -OCH3 is 1. The molecule has 2 unspecified atom stereocenters. The lowest BCUT2D eigenvalue weighted by atomic mass is 9.97. The number of carbonyl (C=O) groups excluding carboxylic acids is 1. The van der Waals surface area contributed by atoms with Gasteiger partial charge in [0.15, 0.2) is 0 Å². The highest BCUT2D eigenvalue weighted by Crippen LogP contribution is 2.25. The molecule has 0 saturated carbocycles. The summed E-state index contributed by atoms with van der Waals surface area (Å²) in [5.41, 5.74) is 7.55. The fourth-order valence-corrected chi connectivity index (χ4v) is 3.08. The van der Waals surface area contributed by atoms with Gasteiger partial charge in [-0.05, 0) is 37.5 Å². The molecule has 21 heavy (non-hydrogen) atoms. The van der Waals surface area contributed by atoms with E-state index < -0.39 is 0 Å². The van der Waals surface area contributed by atoms with E-state index >= 15 is 0 Å². The molecule has 2 N–H and O–H groups in total. The fraction of sp³-hybridized carbons (Fsp3) is 0.533. The molecule has 2 rings (SSSR count). The molecule has 1 saturated heterocycles. The molecule has 0 spiro atoms. The molecule has 1 aliphatic heterocycles. The number of piperidine rings is 1. The molecule has 6 heteroatoms. The Morgan fingerprint density at radius 2 is 2.24 bits per heavy atom. The maximum Gasteiger partial charge on any atom is 0.254 e. The van der Waals surface area contributed by atoms with Gasteiger partial charge in [-0.3, -0.25) is 4.79 Å². The summed E-state index contributed by atoms with van der Waals surface area (Å²) in [6, 6.07) is 5.77. The third-order valence-corrected chi connectivity index (χ3v) is 4.89. The number of amides is 1. The summed E-state index contributed by atoms with van der Waals surface area (Å²) < 4.78 is 6.36. The Morgan fingerprint density at radius 1 is 1.52 bits per heavy atom. The number of nitrogens with zero attached hydrogens (tertiary/aromatic N) is 1. The van der Waals surface area contributed by atoms with Crippen LogP contribution in [-0.2, 0) is 4.74 Å². The number of rotatable bonds is 3. The van der Waals surface area contributed by atoms with Crippen LogP contribution in [0.5, 0.6) is 0 Å². The smallest absolute Gasteiger partial charge is 0.254 e. The van der Waals surface area contributed by atoms with Crippen molar-refractivity contribution in [1.82, 2.24) is 4.90 Å². The Bertz CT molecular complexity index is 499. The van der Waals surface area contributed by atoms with Gasteiger partial charge >= 0.3 is 0 Å². The van der Waals surface area contributed by atoms with Crippen LogP contribution in [0.1, 0.15) is 28.8 Å². The summed E-state index contributed by atoms with van der Waals surface area (Å²) in [5, 5.41) is 0. The van der Waals surface area contributed by atoms with Crippen molar-refractivity contribution in [2.45, 2.75) is 31.9 Å². The topological polar surface area (TPSA) is 55.6 Å². The third-order valence-electron chi connectivity index (χ3n) is 4.03. The molecule has 1 aromatic rings. The first kappa shape index (κ1) is 18.4. The number of halogens is 2. The molecule has 0 aromatic heterocycles. The van der Waals surface area contributed by atoms with E-state index in [1.165, 1.54) is 0 Å². The standard InChI is InChI=1S/C15H21BrN2O2.ClH/c1-10-13(4-3-5-14(10)16)15(19)18-7-6-12(20-2)8-11(18)9-17;/h3-5,11-12H,6-9,17H2,1-2H3;1H. The van der Waals surface area contributed by atoms with Gasteiger partial charge in [0.05, 0.1) is 6.10 Å². The van der Waals surface area contributed by atoms with Crippen molar-refractivity contribution in [2.24, 2.45) is 5.73 Å². The van der Waals surface area contributed by atoms with Crippen molar-refractivity contribution in [3.63, 3.8) is 0 Å². The second-order valence-electron chi connectivity index (χ2n) is 5.18. The van der Waals surface area contributed by atoms with E-state index in [1.807, 2.05) is 30.0 Å². The van der Waals surface area contributed by atoms with Gasteiger partial charge in [-0.15, -0.1) is 12.4 Å². The SMILES string of the molecule is COC1CCN(C(=O)c2cccc(Br)c2C)C(CN)C1.Cl. The molecule has 1 amide bonds. The fourth-order valence-electron chi connectivity index (χ4n) is 2.71. The van der Waals surface area contributed by atoms with E-state index in [0.717, 1.165) is 28.4 Å². The molecule has 0 radical (unpaired) electrons. The van der Waals surface area contributed by atoms with Crippen LogP contribution < -0.4 is 5.73 Å². The quantitative estimate of drug-likeness (QED) is 0.881. The van der Waals surface area contributed by atoms with Crippen LogP contribution >= 0.6 is 28.3 Å². The van der Waals surface area contributed by atoms with Crippen LogP contribution in [0.4, 0.5) is 0 Å². The van der Waals surface area contributed by atoms with E-state index in [4.69, 9.17) is 10.5 Å². The Balaban J connectivity index is 0.00000220. The lowest BCUT2D eigenvalue weighted by Gasteiger charge is -2.38. The maximum absolute atomic E-state index is 12.7. The zero-order valence-electron chi connectivity index (χ0n) is 12.3. The zero-order valence-corrected chi connectivity index (χ0v) is 14.7. The zero-order chi connectivity index (χ0) is 14.7. The van der Waals surface area contributed by atoms with Crippen LogP contribution in [0.25, 0.3) is 0 Å². The average molecular weight is 378 g/mol. The van der Waals surface area contributed by atoms with Crippen molar-refractivity contribution in [2.75, 3.05) is 20.2 Å². The van der Waals surface area contributed by atoms with Gasteiger partial charge in [0.1, 0.15) is 0 Å². The number of benzene rings is 1. The minimum Gasteiger partial charge on any atom is -0.381 e. The van der Waals surface area contributed by atoms with E-state index in [2.05, 4.69) is 15.9 Å². The monoisotopic (exact) mass is 376 g/mol. The van der Waals surface area contributed by atoms with E-state index in [1.54, 1.807) is 7.11 Å². The Hall–Kier alpha value is -0.620. The molecule has 1 heterocycles. The van der Waals surface area contributed by atoms with Crippen LogP contribution in [0, 0.1) is 6.92 Å². The molecule has 2 atom stereocenters. The molecule has 1 fully saturated rings. The van der Waals surface area contributed by atoms with Crippen molar-refractivity contribution < 1.29 is 9.53 Å². The van der Waals surface area contributed by atoms with E-state index in [9.17, 15) is 4.79 Å². The number of nitrogens with two attached hydrogens (primary N) is 1. The predicted octanol–water partition coefficient (Wildman–Crippen LogP) is 2.76. The molecule has 1 aliphatic rings. The number of hydrogen-bond acceptors (Lipinski definition) is 3. The molecule has 1 aromatic carbocycles. The number of carbonyl (C=O) groups is 1. The Labute approximate surface area is 140 Å². The van der Waals surface area contributed by atoms with Crippen molar-refractivity contribution >= 4 is 34.2 Å². The highest BCUT2D eigenvalue weighted by molar-refractivity contribution is 9.10. The summed E-state index contributed by atoms with van der Waals surface area (Å²) in [7, 11) is 1.72. The molecule has 118 valence electrons. The van der Waals surface area contributed by atoms with Crippen molar-refractivity contribution in [3.8, 4) is 0 Å². The minimum absolute atomic E-state index is 0. The number of hydrogen-bond donors (Lipinski definition) is 1. The predicted molar refractivity (Wildman–Crippen MR) is 90.0 cm³/mol. The summed E-state index contributed by atoms with van der Waals surface area (Å²) in [5.74, 6) is 0.0637. The second kappa shape index (κ2) is 8.13. The van der Waals surface area contributed by atoms with E-state index in [0.29, 0.717) is 13.1 Å². The lowest BCUT2D eigenvalue weighted by molar-refractivity contribution is 0.0138. The highest BCUT2D eigenvalue weighted by atomic mass is 79.9.